The number of hydrogen-bond donors (Lipinski definition) is 0. The minimum Gasteiger partial charge on any atom is -0.412 e. The van der Waals surface area contributed by atoms with E-state index in [0.29, 0.717) is 0 Å². The van der Waals surface area contributed by atoms with Crippen molar-refractivity contribution in [3.8, 4) is 0 Å². The molecule has 1 rings (SSSR count). The zero-order chi connectivity index (χ0) is 5.82. The molecule has 4 N–H and O–H groups in total. The van der Waals surface area contributed by atoms with E-state index < -0.39 is 0 Å². The van der Waals surface area contributed by atoms with Crippen LogP contribution in [0.3, 0.4) is 0 Å². The molecule has 0 aromatic heterocycles. The van der Waals surface area contributed by atoms with Crippen LogP contribution in [0.2, 0.25) is 0 Å². The van der Waals surface area contributed by atoms with Crippen LogP contribution in [0, 0.1) is 0 Å². The summed E-state index contributed by atoms with van der Waals surface area (Å²) in [5, 5.41) is 0. The highest BCUT2D eigenvalue weighted by molar-refractivity contribution is 5.13. The lowest BCUT2D eigenvalue weighted by Gasteiger charge is -1.89. The summed E-state index contributed by atoms with van der Waals surface area (Å²) in [6.45, 7) is 2.16. The molecule has 0 saturated carbocycles. The molecule has 0 unspecified atom stereocenters. The van der Waals surface area contributed by atoms with E-state index in [1.807, 2.05) is 6.07 Å². The first-order chi connectivity index (χ1) is 3.93. The lowest BCUT2D eigenvalue weighted by molar-refractivity contribution is 0.823. The third-order valence-electron chi connectivity index (χ3n) is 1.25. The van der Waals surface area contributed by atoms with Gasteiger partial charge in [-0.15, -0.1) is 0 Å². The topological polar surface area (TPSA) is 63.0 Å². The molecule has 0 amide bonds. The van der Waals surface area contributed by atoms with Gasteiger partial charge in [-0.3, -0.25) is 0 Å². The average molecular weight is 142 g/mol. The Hall–Kier alpha value is -0.860. The quantitative estimate of drug-likeness (QED) is 0.551. The Morgan fingerprint density at radius 1 is 1.00 bits per heavy atom. The Bertz CT molecular complexity index is 149. The van der Waals surface area contributed by atoms with Crippen LogP contribution in [0.1, 0.15) is 12.5 Å². The molecular weight excluding hydrogens is 128 g/mol. The van der Waals surface area contributed by atoms with Crippen molar-refractivity contribution in [3.05, 3.63) is 35.9 Å². The van der Waals surface area contributed by atoms with Crippen molar-refractivity contribution in [1.82, 2.24) is 0 Å². The van der Waals surface area contributed by atoms with Crippen molar-refractivity contribution in [3.63, 3.8) is 0 Å². The third-order valence-corrected chi connectivity index (χ3v) is 1.25. The van der Waals surface area contributed by atoms with Gasteiger partial charge in [-0.1, -0.05) is 37.3 Å². The smallest absolute Gasteiger partial charge is 0.0307 e. The molecule has 0 saturated heterocycles. The third kappa shape index (κ3) is 3.22. The van der Waals surface area contributed by atoms with Crippen LogP contribution in [0.15, 0.2) is 30.3 Å². The standard InChI is InChI=1S/C8H10.2H2O/c1-2-8-6-4-3-5-7-8;;/h3-7H,2H2,1H3;2*1H2. The molecule has 0 aliphatic rings. The van der Waals surface area contributed by atoms with E-state index in [-0.39, 0.29) is 11.0 Å². The molecule has 10 heavy (non-hydrogen) atoms. The van der Waals surface area contributed by atoms with E-state index in [1.54, 1.807) is 0 Å². The maximum atomic E-state index is 2.16. The molecule has 1 aromatic rings. The fourth-order valence-electron chi connectivity index (χ4n) is 0.714. The van der Waals surface area contributed by atoms with Gasteiger partial charge in [0, 0.05) is 0 Å². The number of hydrogen-bond acceptors (Lipinski definition) is 0. The molecule has 2 nitrogen and oxygen atoms in total. The molecule has 0 fully saturated rings. The SMILES string of the molecule is CCc1ccccc1.O.O. The van der Waals surface area contributed by atoms with Gasteiger partial charge in [-0.2, -0.15) is 0 Å². The van der Waals surface area contributed by atoms with Crippen molar-refractivity contribution >= 4 is 0 Å². The molecule has 0 bridgehead atoms. The van der Waals surface area contributed by atoms with Gasteiger partial charge >= 0.3 is 0 Å². The molecule has 1 aromatic carbocycles. The van der Waals surface area contributed by atoms with E-state index in [4.69, 9.17) is 0 Å². The van der Waals surface area contributed by atoms with E-state index >= 15 is 0 Å². The van der Waals surface area contributed by atoms with E-state index in [2.05, 4.69) is 31.2 Å². The lowest BCUT2D eigenvalue weighted by Crippen LogP contribution is -1.73. The number of benzene rings is 1. The normalized spacial score (nSPS) is 7.30. The Balaban J connectivity index is 0. The van der Waals surface area contributed by atoms with E-state index in [0.717, 1.165) is 6.42 Å². The van der Waals surface area contributed by atoms with Crippen molar-refractivity contribution in [2.75, 3.05) is 0 Å². The Morgan fingerprint density at radius 2 is 1.50 bits per heavy atom. The summed E-state index contributed by atoms with van der Waals surface area (Å²) in [6.07, 6.45) is 1.14. The molecule has 0 atom stereocenters. The van der Waals surface area contributed by atoms with Gasteiger partial charge in [0.25, 0.3) is 0 Å². The highest BCUT2D eigenvalue weighted by Gasteiger charge is 1.79. The van der Waals surface area contributed by atoms with Gasteiger partial charge in [-0.05, 0) is 12.0 Å². The van der Waals surface area contributed by atoms with Crippen LogP contribution in [0.4, 0.5) is 0 Å². The summed E-state index contributed by atoms with van der Waals surface area (Å²) in [4.78, 5) is 0. The summed E-state index contributed by atoms with van der Waals surface area (Å²) < 4.78 is 0. The van der Waals surface area contributed by atoms with Crippen LogP contribution >= 0.6 is 0 Å². The minimum atomic E-state index is 0. The van der Waals surface area contributed by atoms with Crippen molar-refractivity contribution in [2.45, 2.75) is 13.3 Å². The molecule has 58 valence electrons. The first-order valence-corrected chi connectivity index (χ1v) is 2.97. The average Bonchev–Trinajstić information content (AvgIpc) is 1.90. The summed E-state index contributed by atoms with van der Waals surface area (Å²) >= 11 is 0. The predicted molar refractivity (Wildman–Crippen MR) is 43.0 cm³/mol. The molecular formula is C8H14O2. The largest absolute Gasteiger partial charge is 0.412 e. The maximum absolute atomic E-state index is 2.16. The Morgan fingerprint density at radius 3 is 1.80 bits per heavy atom. The van der Waals surface area contributed by atoms with Crippen LogP contribution in [-0.2, 0) is 6.42 Å². The van der Waals surface area contributed by atoms with Crippen LogP contribution in [-0.4, -0.2) is 11.0 Å². The zero-order valence-electron chi connectivity index (χ0n) is 6.09. The summed E-state index contributed by atoms with van der Waals surface area (Å²) in [5.74, 6) is 0. The molecule has 0 aliphatic heterocycles. The fourth-order valence-corrected chi connectivity index (χ4v) is 0.714. The molecule has 0 radical (unpaired) electrons. The first kappa shape index (κ1) is 11.9. The van der Waals surface area contributed by atoms with Crippen molar-refractivity contribution in [1.29, 1.82) is 0 Å². The Labute approximate surface area is 61.1 Å². The van der Waals surface area contributed by atoms with Crippen LogP contribution < -0.4 is 0 Å². The van der Waals surface area contributed by atoms with Gasteiger partial charge < -0.3 is 11.0 Å². The van der Waals surface area contributed by atoms with Crippen LogP contribution in [0.25, 0.3) is 0 Å². The second kappa shape index (κ2) is 6.26. The monoisotopic (exact) mass is 142 g/mol. The van der Waals surface area contributed by atoms with Gasteiger partial charge in [0.05, 0.1) is 0 Å². The summed E-state index contributed by atoms with van der Waals surface area (Å²) in [5.41, 5.74) is 1.41. The first-order valence-electron chi connectivity index (χ1n) is 2.97. The van der Waals surface area contributed by atoms with Gasteiger partial charge in [0.2, 0.25) is 0 Å². The molecule has 0 heterocycles. The predicted octanol–water partition coefficient (Wildman–Crippen LogP) is 0.600. The maximum Gasteiger partial charge on any atom is -0.0307 e. The van der Waals surface area contributed by atoms with E-state index in [9.17, 15) is 0 Å². The van der Waals surface area contributed by atoms with Crippen LogP contribution in [0.5, 0.6) is 0 Å². The second-order valence-corrected chi connectivity index (χ2v) is 1.84. The summed E-state index contributed by atoms with van der Waals surface area (Å²) in [7, 11) is 0. The number of aryl methyl sites for hydroxylation is 1. The highest BCUT2D eigenvalue weighted by atomic mass is 16.0. The van der Waals surface area contributed by atoms with Gasteiger partial charge in [-0.25, -0.2) is 0 Å². The molecule has 0 spiro atoms. The van der Waals surface area contributed by atoms with E-state index in [1.165, 1.54) is 5.56 Å². The van der Waals surface area contributed by atoms with Gasteiger partial charge in [0.1, 0.15) is 0 Å². The van der Waals surface area contributed by atoms with Gasteiger partial charge in [0.15, 0.2) is 0 Å². The fraction of sp³-hybridized carbons (Fsp3) is 0.250. The van der Waals surface area contributed by atoms with Crippen molar-refractivity contribution < 1.29 is 11.0 Å². The second-order valence-electron chi connectivity index (χ2n) is 1.84. The molecule has 2 heteroatoms. The number of rotatable bonds is 1. The summed E-state index contributed by atoms with van der Waals surface area (Å²) in [6, 6.07) is 10.5. The highest BCUT2D eigenvalue weighted by Crippen LogP contribution is 1.96. The zero-order valence-corrected chi connectivity index (χ0v) is 6.09. The minimum absolute atomic E-state index is 0. The molecule has 0 aliphatic carbocycles. The lowest BCUT2D eigenvalue weighted by atomic mass is 10.2. The van der Waals surface area contributed by atoms with Crippen molar-refractivity contribution in [2.24, 2.45) is 0 Å². The Kier molecular flexibility index (Phi) is 7.44.